The molecule has 2 aromatic heterocycles. The summed E-state index contributed by atoms with van der Waals surface area (Å²) in [5.74, 6) is 1.50. The summed E-state index contributed by atoms with van der Waals surface area (Å²) in [5.41, 5.74) is 4.07. The molecule has 2 aromatic carbocycles. The summed E-state index contributed by atoms with van der Waals surface area (Å²) in [6.07, 6.45) is 7.39. The van der Waals surface area contributed by atoms with Crippen molar-refractivity contribution in [3.63, 3.8) is 0 Å². The molecule has 42 heavy (non-hydrogen) atoms. The van der Waals surface area contributed by atoms with Gasteiger partial charge < -0.3 is 14.5 Å². The molecule has 0 saturated carbocycles. The largest absolute Gasteiger partial charge is 0.492 e. The Morgan fingerprint density at radius 2 is 1.98 bits per heavy atom. The number of hydrogen-bond acceptors (Lipinski definition) is 9. The Morgan fingerprint density at radius 3 is 2.83 bits per heavy atom. The standard InChI is InChI=1S/C30H33N7O3S2/c38-29-27(42-30(41)37(29)11-3-1-2-4-28-32-34-35-33-28)19-21-5-8-26(40-17-14-36-12-15-39-16-13-36)24(18-21)22-6-7-25-23(20-22)9-10-31-25/h5-10,18-20,31H,1-4,11-17H2,(H,32,33,34,35)/b27-19-. The molecule has 0 radical (unpaired) electrons. The normalized spacial score (nSPS) is 17.1. The molecule has 0 aliphatic carbocycles. The van der Waals surface area contributed by atoms with Crippen LogP contribution < -0.4 is 4.74 Å². The van der Waals surface area contributed by atoms with E-state index in [0.29, 0.717) is 28.2 Å². The number of hydrogen-bond donors (Lipinski definition) is 2. The first-order valence-corrected chi connectivity index (χ1v) is 15.5. The number of nitrogens with zero attached hydrogens (tertiary/aromatic N) is 5. The van der Waals surface area contributed by atoms with Crippen molar-refractivity contribution in [3.8, 4) is 16.9 Å². The van der Waals surface area contributed by atoms with Crippen LogP contribution in [0.2, 0.25) is 0 Å². The first-order chi connectivity index (χ1) is 20.6. The molecule has 4 heterocycles. The van der Waals surface area contributed by atoms with Gasteiger partial charge in [-0.15, -0.1) is 10.2 Å². The van der Waals surface area contributed by atoms with Gasteiger partial charge in [0.25, 0.3) is 5.91 Å². The van der Waals surface area contributed by atoms with Crippen molar-refractivity contribution in [3.05, 3.63) is 65.0 Å². The Bertz CT molecular complexity index is 1560. The van der Waals surface area contributed by atoms with Gasteiger partial charge in [-0.1, -0.05) is 47.7 Å². The number of ether oxygens (including phenoxy) is 2. The molecule has 2 aliphatic rings. The summed E-state index contributed by atoms with van der Waals surface area (Å²) >= 11 is 6.94. The van der Waals surface area contributed by atoms with Crippen LogP contribution in [0.15, 0.2) is 53.6 Å². The number of carbonyl (C=O) groups is 1. The van der Waals surface area contributed by atoms with Gasteiger partial charge in [0.1, 0.15) is 16.7 Å². The van der Waals surface area contributed by atoms with Crippen molar-refractivity contribution in [2.45, 2.75) is 25.7 Å². The number of benzene rings is 2. The van der Waals surface area contributed by atoms with E-state index in [9.17, 15) is 4.79 Å². The van der Waals surface area contributed by atoms with Crippen molar-refractivity contribution in [2.75, 3.05) is 46.0 Å². The van der Waals surface area contributed by atoms with Crippen molar-refractivity contribution < 1.29 is 14.3 Å². The van der Waals surface area contributed by atoms with Crippen molar-refractivity contribution in [2.24, 2.45) is 0 Å². The van der Waals surface area contributed by atoms with Gasteiger partial charge in [0.2, 0.25) is 0 Å². The zero-order valence-electron chi connectivity index (χ0n) is 23.3. The number of unbranched alkanes of at least 4 members (excludes halogenated alkanes) is 2. The summed E-state index contributed by atoms with van der Waals surface area (Å²) in [6, 6.07) is 14.5. The van der Waals surface area contributed by atoms with Crippen LogP contribution in [0, 0.1) is 0 Å². The molecule has 2 saturated heterocycles. The van der Waals surface area contributed by atoms with Crippen LogP contribution in [-0.4, -0.2) is 91.6 Å². The summed E-state index contributed by atoms with van der Waals surface area (Å²) < 4.78 is 12.4. The van der Waals surface area contributed by atoms with Crippen LogP contribution in [-0.2, 0) is 16.0 Å². The maximum Gasteiger partial charge on any atom is 0.266 e. The molecule has 2 N–H and O–H groups in total. The fourth-order valence-electron chi connectivity index (χ4n) is 5.18. The first-order valence-electron chi connectivity index (χ1n) is 14.3. The number of thioether (sulfide) groups is 1. The lowest BCUT2D eigenvalue weighted by atomic mass is 10.00. The number of carbonyl (C=O) groups excluding carboxylic acids is 1. The van der Waals surface area contributed by atoms with Gasteiger partial charge in [-0.25, -0.2) is 0 Å². The van der Waals surface area contributed by atoms with E-state index in [1.54, 1.807) is 4.90 Å². The summed E-state index contributed by atoms with van der Waals surface area (Å²) in [6.45, 7) is 5.43. The Kier molecular flexibility index (Phi) is 9.24. The molecule has 10 nitrogen and oxygen atoms in total. The first kappa shape index (κ1) is 28.5. The van der Waals surface area contributed by atoms with E-state index in [2.05, 4.69) is 60.8 Å². The molecule has 0 spiro atoms. The fourth-order valence-corrected chi connectivity index (χ4v) is 6.49. The molecule has 2 aliphatic heterocycles. The summed E-state index contributed by atoms with van der Waals surface area (Å²) in [7, 11) is 0. The van der Waals surface area contributed by atoms with Crippen molar-refractivity contribution in [1.82, 2.24) is 35.4 Å². The molecular weight excluding hydrogens is 571 g/mol. The summed E-state index contributed by atoms with van der Waals surface area (Å²) in [4.78, 5) is 21.2. The monoisotopic (exact) mass is 603 g/mol. The Labute approximate surface area is 253 Å². The minimum atomic E-state index is -0.0377. The number of rotatable bonds is 12. The highest BCUT2D eigenvalue weighted by Crippen LogP contribution is 2.36. The Morgan fingerprint density at radius 1 is 1.07 bits per heavy atom. The van der Waals surface area contributed by atoms with Gasteiger partial charge in [0.05, 0.1) is 18.1 Å². The van der Waals surface area contributed by atoms with Gasteiger partial charge in [0.15, 0.2) is 5.82 Å². The van der Waals surface area contributed by atoms with Crippen LogP contribution in [0.1, 0.15) is 30.7 Å². The smallest absolute Gasteiger partial charge is 0.266 e. The van der Waals surface area contributed by atoms with Crippen molar-refractivity contribution in [1.29, 1.82) is 0 Å². The third kappa shape index (κ3) is 6.89. The zero-order chi connectivity index (χ0) is 28.7. The van der Waals surface area contributed by atoms with Crippen LogP contribution in [0.5, 0.6) is 5.75 Å². The minimum absolute atomic E-state index is 0.0377. The lowest BCUT2D eigenvalue weighted by molar-refractivity contribution is -0.122. The van der Waals surface area contributed by atoms with E-state index >= 15 is 0 Å². The van der Waals surface area contributed by atoms with E-state index < -0.39 is 0 Å². The maximum absolute atomic E-state index is 13.3. The number of nitrogens with one attached hydrogen (secondary N) is 2. The van der Waals surface area contributed by atoms with E-state index in [0.717, 1.165) is 91.9 Å². The summed E-state index contributed by atoms with van der Waals surface area (Å²) in [5, 5.41) is 15.2. The van der Waals surface area contributed by atoms with Gasteiger partial charge >= 0.3 is 0 Å². The molecule has 4 aromatic rings. The molecule has 6 rings (SSSR count). The second kappa shape index (κ2) is 13.6. The van der Waals surface area contributed by atoms with E-state index in [4.69, 9.17) is 21.7 Å². The number of aromatic amines is 2. The highest BCUT2D eigenvalue weighted by Gasteiger charge is 2.31. The van der Waals surface area contributed by atoms with E-state index in [-0.39, 0.29) is 5.91 Å². The highest BCUT2D eigenvalue weighted by molar-refractivity contribution is 8.26. The van der Waals surface area contributed by atoms with Crippen molar-refractivity contribution >= 4 is 51.2 Å². The number of aryl methyl sites for hydroxylation is 1. The van der Waals surface area contributed by atoms with E-state index in [1.165, 1.54) is 11.8 Å². The number of H-pyrrole nitrogens is 2. The number of morpholine rings is 1. The topological polar surface area (TPSA) is 112 Å². The average molecular weight is 604 g/mol. The Hall–Kier alpha value is -3.58. The predicted octanol–water partition coefficient (Wildman–Crippen LogP) is 4.67. The molecule has 0 unspecified atom stereocenters. The number of aromatic nitrogens is 5. The molecular formula is C30H33N7O3S2. The van der Waals surface area contributed by atoms with Gasteiger partial charge in [0, 0.05) is 49.9 Å². The maximum atomic E-state index is 13.3. The minimum Gasteiger partial charge on any atom is -0.492 e. The van der Waals surface area contributed by atoms with Crippen LogP contribution in [0.4, 0.5) is 0 Å². The van der Waals surface area contributed by atoms with Crippen LogP contribution in [0.25, 0.3) is 28.1 Å². The molecule has 12 heteroatoms. The SMILES string of the molecule is O=C1/C(=C/c2ccc(OCCN3CCOCC3)c(-c3ccc4[nH]ccc4c3)c2)SC(=S)N1CCCCCc1nn[nH]n1. The van der Waals surface area contributed by atoms with Crippen LogP contribution in [0.3, 0.4) is 0 Å². The third-order valence-electron chi connectivity index (χ3n) is 7.48. The van der Waals surface area contributed by atoms with Gasteiger partial charge in [-0.3, -0.25) is 14.6 Å². The second-order valence-corrected chi connectivity index (χ2v) is 12.0. The van der Waals surface area contributed by atoms with Gasteiger partial charge in [-0.2, -0.15) is 5.21 Å². The third-order valence-corrected chi connectivity index (χ3v) is 8.86. The van der Waals surface area contributed by atoms with E-state index in [1.807, 2.05) is 24.4 Å². The number of thiocarbonyl (C=S) groups is 1. The number of tetrazole rings is 1. The molecule has 0 bridgehead atoms. The molecule has 2 fully saturated rings. The molecule has 0 atom stereocenters. The average Bonchev–Trinajstić information content (AvgIpc) is 3.76. The zero-order valence-corrected chi connectivity index (χ0v) is 24.9. The van der Waals surface area contributed by atoms with Gasteiger partial charge in [-0.05, 0) is 65.8 Å². The van der Waals surface area contributed by atoms with Crippen LogP contribution >= 0.6 is 24.0 Å². The lowest BCUT2D eigenvalue weighted by Gasteiger charge is -2.26. The molecule has 1 amide bonds. The second-order valence-electron chi connectivity index (χ2n) is 10.3. The quantitative estimate of drug-likeness (QED) is 0.136. The fraction of sp³-hybridized carbons (Fsp3) is 0.367. The predicted molar refractivity (Wildman–Crippen MR) is 168 cm³/mol. The number of fused-ring (bicyclic) bond motifs is 1. The molecule has 218 valence electrons. The lowest BCUT2D eigenvalue weighted by Crippen LogP contribution is -2.38. The number of amides is 1. The highest BCUT2D eigenvalue weighted by atomic mass is 32.2. The Balaban J connectivity index is 1.15.